The van der Waals surface area contributed by atoms with Crippen LogP contribution < -0.4 is 4.74 Å². The number of methoxy groups -OCH3 is 1. The van der Waals surface area contributed by atoms with Crippen LogP contribution in [0.4, 0.5) is 0 Å². The summed E-state index contributed by atoms with van der Waals surface area (Å²) in [4.78, 5) is 0. The van der Waals surface area contributed by atoms with E-state index in [0.29, 0.717) is 17.4 Å². The Morgan fingerprint density at radius 2 is 1.85 bits per heavy atom. The van der Waals surface area contributed by atoms with Crippen molar-refractivity contribution in [2.75, 3.05) is 13.7 Å². The van der Waals surface area contributed by atoms with E-state index < -0.39 is 6.10 Å². The van der Waals surface area contributed by atoms with Crippen LogP contribution in [0, 0.1) is 0 Å². The van der Waals surface area contributed by atoms with Crippen LogP contribution in [0.1, 0.15) is 56.6 Å². The van der Waals surface area contributed by atoms with Crippen molar-refractivity contribution in [2.45, 2.75) is 51.6 Å². The molecule has 0 amide bonds. The molecular formula is C16H25ClO3. The minimum Gasteiger partial charge on any atom is -0.496 e. The Hall–Kier alpha value is -0.770. The summed E-state index contributed by atoms with van der Waals surface area (Å²) < 4.78 is 5.59. The first-order valence-corrected chi connectivity index (χ1v) is 7.48. The molecule has 0 aliphatic rings. The lowest BCUT2D eigenvalue weighted by Gasteiger charge is -2.24. The minimum absolute atomic E-state index is 0.114. The molecule has 0 aliphatic carbocycles. The highest BCUT2D eigenvalue weighted by Gasteiger charge is 2.22. The molecule has 0 heterocycles. The van der Waals surface area contributed by atoms with E-state index in [1.165, 1.54) is 0 Å². The molecule has 0 saturated heterocycles. The minimum atomic E-state index is -0.717. The van der Waals surface area contributed by atoms with Gasteiger partial charge in [0.1, 0.15) is 5.75 Å². The molecule has 2 unspecified atom stereocenters. The van der Waals surface area contributed by atoms with Gasteiger partial charge in [0.15, 0.2) is 0 Å². The van der Waals surface area contributed by atoms with Crippen LogP contribution in [-0.4, -0.2) is 30.0 Å². The van der Waals surface area contributed by atoms with Crippen molar-refractivity contribution >= 4 is 11.6 Å². The Labute approximate surface area is 126 Å². The second kappa shape index (κ2) is 7.87. The van der Waals surface area contributed by atoms with Gasteiger partial charge in [-0.15, -0.1) is 0 Å². The predicted molar refractivity (Wildman–Crippen MR) is 82.8 cm³/mol. The number of ether oxygens (including phenoxy) is 1. The Morgan fingerprint density at radius 1 is 1.25 bits per heavy atom. The van der Waals surface area contributed by atoms with Gasteiger partial charge in [-0.3, -0.25) is 0 Å². The quantitative estimate of drug-likeness (QED) is 0.807. The molecule has 4 heteroatoms. The number of hydrogen-bond acceptors (Lipinski definition) is 3. The molecule has 2 N–H and O–H groups in total. The largest absolute Gasteiger partial charge is 0.496 e. The van der Waals surface area contributed by atoms with Gasteiger partial charge in [0.2, 0.25) is 0 Å². The normalized spacial score (nSPS) is 14.4. The van der Waals surface area contributed by atoms with Crippen molar-refractivity contribution in [2.24, 2.45) is 0 Å². The van der Waals surface area contributed by atoms with Gasteiger partial charge < -0.3 is 14.9 Å². The highest BCUT2D eigenvalue weighted by Crippen LogP contribution is 2.39. The van der Waals surface area contributed by atoms with Crippen molar-refractivity contribution in [3.8, 4) is 5.75 Å². The zero-order valence-electron chi connectivity index (χ0n) is 12.7. The van der Waals surface area contributed by atoms with Crippen molar-refractivity contribution in [1.29, 1.82) is 0 Å². The maximum Gasteiger partial charge on any atom is 0.125 e. The van der Waals surface area contributed by atoms with Crippen LogP contribution in [0.3, 0.4) is 0 Å². The van der Waals surface area contributed by atoms with Gasteiger partial charge in [-0.2, -0.15) is 0 Å². The molecule has 20 heavy (non-hydrogen) atoms. The van der Waals surface area contributed by atoms with Crippen LogP contribution in [0.2, 0.25) is 5.02 Å². The third-order valence-corrected chi connectivity index (χ3v) is 3.86. The standard InChI is InChI=1S/C16H25ClO3/c1-5-11(6-13(19)9-18)15-8-12(17)7-14(10(2)3)16(15)20-4/h7-8,10-11,13,18-19H,5-6,9H2,1-4H3. The van der Waals surface area contributed by atoms with Crippen molar-refractivity contribution in [1.82, 2.24) is 0 Å². The predicted octanol–water partition coefficient (Wildman–Crippen LogP) is 3.71. The Balaban J connectivity index is 3.26. The van der Waals surface area contributed by atoms with E-state index in [9.17, 15) is 5.11 Å². The van der Waals surface area contributed by atoms with E-state index in [1.54, 1.807) is 7.11 Å². The maximum atomic E-state index is 9.71. The van der Waals surface area contributed by atoms with E-state index >= 15 is 0 Å². The van der Waals surface area contributed by atoms with Crippen LogP contribution in [-0.2, 0) is 0 Å². The Morgan fingerprint density at radius 3 is 2.30 bits per heavy atom. The smallest absolute Gasteiger partial charge is 0.125 e. The lowest BCUT2D eigenvalue weighted by molar-refractivity contribution is 0.0815. The average Bonchev–Trinajstić information content (AvgIpc) is 2.43. The van der Waals surface area contributed by atoms with Gasteiger partial charge in [0.25, 0.3) is 0 Å². The van der Waals surface area contributed by atoms with Crippen LogP contribution >= 0.6 is 11.6 Å². The SMILES string of the molecule is CCC(CC(O)CO)c1cc(Cl)cc(C(C)C)c1OC. The molecule has 2 atom stereocenters. The van der Waals surface area contributed by atoms with E-state index in [-0.39, 0.29) is 12.5 Å². The van der Waals surface area contributed by atoms with Crippen molar-refractivity contribution in [3.05, 3.63) is 28.3 Å². The van der Waals surface area contributed by atoms with E-state index in [1.807, 2.05) is 12.1 Å². The van der Waals surface area contributed by atoms with Crippen molar-refractivity contribution < 1.29 is 14.9 Å². The molecule has 3 nitrogen and oxygen atoms in total. The molecule has 0 spiro atoms. The second-order valence-electron chi connectivity index (χ2n) is 5.45. The number of benzene rings is 1. The first-order chi connectivity index (χ1) is 9.44. The number of aliphatic hydroxyl groups excluding tert-OH is 2. The summed E-state index contributed by atoms with van der Waals surface area (Å²) in [6, 6.07) is 3.84. The lowest BCUT2D eigenvalue weighted by atomic mass is 9.87. The molecule has 114 valence electrons. The van der Waals surface area contributed by atoms with Gasteiger partial charge in [-0.1, -0.05) is 32.4 Å². The van der Waals surface area contributed by atoms with E-state index in [0.717, 1.165) is 23.3 Å². The second-order valence-corrected chi connectivity index (χ2v) is 5.89. The third-order valence-electron chi connectivity index (χ3n) is 3.64. The third kappa shape index (κ3) is 4.11. The van der Waals surface area contributed by atoms with Gasteiger partial charge in [-0.25, -0.2) is 0 Å². The van der Waals surface area contributed by atoms with Gasteiger partial charge in [0.05, 0.1) is 19.8 Å². The van der Waals surface area contributed by atoms with Gasteiger partial charge in [-0.05, 0) is 47.9 Å². The fourth-order valence-electron chi connectivity index (χ4n) is 2.52. The van der Waals surface area contributed by atoms with E-state index in [2.05, 4.69) is 20.8 Å². The summed E-state index contributed by atoms with van der Waals surface area (Å²) >= 11 is 6.23. The maximum absolute atomic E-state index is 9.71. The average molecular weight is 301 g/mol. The number of rotatable bonds is 7. The number of hydrogen-bond donors (Lipinski definition) is 2. The first kappa shape index (κ1) is 17.3. The Bertz CT molecular complexity index is 432. The molecule has 0 aromatic heterocycles. The molecule has 0 fully saturated rings. The van der Waals surface area contributed by atoms with Crippen molar-refractivity contribution in [3.63, 3.8) is 0 Å². The van der Waals surface area contributed by atoms with Gasteiger partial charge >= 0.3 is 0 Å². The molecule has 0 bridgehead atoms. The van der Waals surface area contributed by atoms with Crippen LogP contribution in [0.25, 0.3) is 0 Å². The fourth-order valence-corrected chi connectivity index (χ4v) is 2.76. The molecule has 0 saturated carbocycles. The highest BCUT2D eigenvalue weighted by atomic mass is 35.5. The zero-order chi connectivity index (χ0) is 15.3. The molecule has 0 radical (unpaired) electrons. The molecule has 1 rings (SSSR count). The topological polar surface area (TPSA) is 49.7 Å². The van der Waals surface area contributed by atoms with Crippen LogP contribution in [0.15, 0.2) is 12.1 Å². The summed E-state index contributed by atoms with van der Waals surface area (Å²) in [7, 11) is 1.66. The summed E-state index contributed by atoms with van der Waals surface area (Å²) in [5.41, 5.74) is 2.09. The summed E-state index contributed by atoms with van der Waals surface area (Å²) in [6.07, 6.45) is 0.637. The zero-order valence-corrected chi connectivity index (χ0v) is 13.4. The van der Waals surface area contributed by atoms with E-state index in [4.69, 9.17) is 21.4 Å². The highest BCUT2D eigenvalue weighted by molar-refractivity contribution is 6.30. The Kier molecular flexibility index (Phi) is 6.80. The molecular weight excluding hydrogens is 276 g/mol. The first-order valence-electron chi connectivity index (χ1n) is 7.10. The number of halogens is 1. The monoisotopic (exact) mass is 300 g/mol. The summed E-state index contributed by atoms with van der Waals surface area (Å²) in [6.45, 7) is 6.03. The molecule has 0 aliphatic heterocycles. The molecule has 1 aromatic carbocycles. The van der Waals surface area contributed by atoms with Crippen LogP contribution in [0.5, 0.6) is 5.75 Å². The molecule has 1 aromatic rings. The fraction of sp³-hybridized carbons (Fsp3) is 0.625. The van der Waals surface area contributed by atoms with Gasteiger partial charge in [0, 0.05) is 5.02 Å². The summed E-state index contributed by atoms with van der Waals surface area (Å²) in [5.74, 6) is 1.27. The summed E-state index contributed by atoms with van der Waals surface area (Å²) in [5, 5.41) is 19.4. The number of aliphatic hydroxyl groups is 2. The lowest BCUT2D eigenvalue weighted by Crippen LogP contribution is -2.17.